The number of hydrogen-bond acceptors (Lipinski definition) is 15. The zero-order valence-corrected chi connectivity index (χ0v) is 33.3. The van der Waals surface area contributed by atoms with E-state index in [1.165, 1.54) is 41.1 Å². The van der Waals surface area contributed by atoms with Gasteiger partial charge < -0.3 is 38.6 Å². The second-order valence-corrected chi connectivity index (χ2v) is 16.0. The van der Waals surface area contributed by atoms with Gasteiger partial charge in [-0.05, 0) is 42.7 Å². The van der Waals surface area contributed by atoms with Crippen molar-refractivity contribution < 1.29 is 62.6 Å². The van der Waals surface area contributed by atoms with Gasteiger partial charge in [0.05, 0.1) is 29.6 Å². The third-order valence-corrected chi connectivity index (χ3v) is 12.6. The highest BCUT2D eigenvalue weighted by Crippen LogP contribution is 2.64. The van der Waals surface area contributed by atoms with E-state index in [0.29, 0.717) is 5.56 Å². The Balaban J connectivity index is 1.59. The van der Waals surface area contributed by atoms with Crippen molar-refractivity contribution in [2.75, 3.05) is 13.7 Å². The van der Waals surface area contributed by atoms with Gasteiger partial charge in [-0.3, -0.25) is 19.4 Å². The van der Waals surface area contributed by atoms with Crippen LogP contribution >= 0.6 is 0 Å². The summed E-state index contributed by atoms with van der Waals surface area (Å²) in [4.78, 5) is 69.8. The average molecular weight is 789 g/mol. The molecule has 15 nitrogen and oxygen atoms in total. The Morgan fingerprint density at radius 3 is 2.12 bits per heavy atom. The molecule has 6 rings (SSSR count). The van der Waals surface area contributed by atoms with Crippen molar-refractivity contribution in [3.8, 4) is 0 Å². The number of ketones is 1. The van der Waals surface area contributed by atoms with Crippen LogP contribution in [0.4, 0.5) is 0 Å². The van der Waals surface area contributed by atoms with E-state index in [9.17, 15) is 29.4 Å². The molecule has 304 valence electrons. The van der Waals surface area contributed by atoms with Crippen LogP contribution in [-0.4, -0.2) is 109 Å². The van der Waals surface area contributed by atoms with E-state index < -0.39 is 107 Å². The zero-order chi connectivity index (χ0) is 41.7. The Morgan fingerprint density at radius 1 is 0.947 bits per heavy atom. The average Bonchev–Trinajstić information content (AvgIpc) is 3.16. The molecule has 0 unspecified atom stereocenters. The van der Waals surface area contributed by atoms with Crippen LogP contribution in [0, 0.1) is 16.7 Å². The summed E-state index contributed by atoms with van der Waals surface area (Å²) in [6.45, 7) is 8.28. The van der Waals surface area contributed by atoms with Crippen LogP contribution in [0.2, 0.25) is 0 Å². The highest BCUT2D eigenvalue weighted by atomic mass is 16.6. The highest BCUT2D eigenvalue weighted by Gasteiger charge is 2.78. The summed E-state index contributed by atoms with van der Waals surface area (Å²) < 4.78 is 36.1. The van der Waals surface area contributed by atoms with Gasteiger partial charge in [0.1, 0.15) is 30.0 Å². The van der Waals surface area contributed by atoms with Crippen LogP contribution in [0.3, 0.4) is 0 Å². The van der Waals surface area contributed by atoms with E-state index in [2.05, 4.69) is 10.1 Å². The summed E-state index contributed by atoms with van der Waals surface area (Å²) in [5, 5.41) is 33.8. The van der Waals surface area contributed by atoms with Crippen molar-refractivity contribution in [1.29, 1.82) is 0 Å². The van der Waals surface area contributed by atoms with E-state index in [1.807, 2.05) is 0 Å². The number of hydrogen-bond donors (Lipinski definition) is 2. The van der Waals surface area contributed by atoms with Gasteiger partial charge in [0.25, 0.3) is 7.98 Å². The van der Waals surface area contributed by atoms with Crippen LogP contribution in [0.1, 0.15) is 76.3 Å². The summed E-state index contributed by atoms with van der Waals surface area (Å²) in [7, 11) is 2.77. The lowest BCUT2D eigenvalue weighted by Gasteiger charge is -2.67. The molecule has 1 aliphatic heterocycles. The number of methoxy groups -OCH3 is 1. The van der Waals surface area contributed by atoms with Crippen molar-refractivity contribution >= 4 is 37.6 Å². The Labute approximate surface area is 331 Å². The molecular weight excluding hydrogens is 739 g/mol. The minimum atomic E-state index is -2.29. The zero-order valence-electron chi connectivity index (χ0n) is 33.3. The standard InChI is InChI=1S/C41H49BN2O13/c1-21-26(55-37(50)32(52-7)30(43-44-42)24-14-10-8-11-15-24)19-41(51)35(56-36(49)25-16-12-9-13-17-25)33-39(6,27(47)18-28-40(33,20-53-28)57-23(3)46)34(48)31(54-22(2)45)29(21)38(41,4)5/h8-17,26-28,30-33,35,47,51H,18-20,42H2,1-7H3/t26-,27-,28+,30-,31+,32+,33-,35-,39+,40-,41+/m1/s1. The Hall–Kier alpha value is -4.77. The first-order chi connectivity index (χ1) is 26.9. The highest BCUT2D eigenvalue weighted by molar-refractivity contribution is 6.04. The molecule has 3 aliphatic carbocycles. The fourth-order valence-electron chi connectivity index (χ4n) is 9.66. The maximum atomic E-state index is 15.4. The Morgan fingerprint density at radius 2 is 1.58 bits per heavy atom. The van der Waals surface area contributed by atoms with Crippen molar-refractivity contribution in [3.63, 3.8) is 0 Å². The number of aliphatic hydroxyl groups excluding tert-OH is 1. The smallest absolute Gasteiger partial charge is 0.338 e. The molecule has 1 heterocycles. The summed E-state index contributed by atoms with van der Waals surface area (Å²) >= 11 is 0. The molecule has 11 atom stereocenters. The predicted octanol–water partition coefficient (Wildman–Crippen LogP) is 2.96. The number of aliphatic hydroxyl groups is 2. The Bertz CT molecular complexity index is 1970. The molecule has 57 heavy (non-hydrogen) atoms. The molecule has 0 spiro atoms. The number of carbonyl (C=O) groups is 5. The van der Waals surface area contributed by atoms with E-state index in [1.54, 1.807) is 69.3 Å². The minimum absolute atomic E-state index is 0.0808. The minimum Gasteiger partial charge on any atom is -0.456 e. The lowest BCUT2D eigenvalue weighted by atomic mass is 9.44. The van der Waals surface area contributed by atoms with Gasteiger partial charge in [-0.2, -0.15) is 5.11 Å². The number of rotatable bonds is 10. The number of esters is 4. The number of ether oxygens (including phenoxy) is 6. The number of benzene rings is 2. The first-order valence-electron chi connectivity index (χ1n) is 18.9. The SMILES string of the molecule is BN=N[C@H](c1ccccc1)[C@H](OC)C(=O)O[C@@H]1C[C@]2(O)[C@H](OC(=O)c3ccccc3)[C@H]3[C@@]4(OC(C)=O)CO[C@H]4C[C@@H](O)[C@]3(C)C(=O)[C@@H](OC(C)=O)C(=C1C)C2(C)C. The third kappa shape index (κ3) is 6.79. The van der Waals surface area contributed by atoms with E-state index >= 15 is 4.79 Å². The topological polar surface area (TPSA) is 206 Å². The molecule has 0 aromatic heterocycles. The molecule has 16 heteroatoms. The van der Waals surface area contributed by atoms with Crippen molar-refractivity contribution in [2.24, 2.45) is 26.9 Å². The lowest BCUT2D eigenvalue weighted by molar-refractivity contribution is -0.346. The van der Waals surface area contributed by atoms with Gasteiger partial charge in [0.2, 0.25) is 0 Å². The number of fused-ring (bicyclic) bond motifs is 5. The second kappa shape index (κ2) is 15.5. The fraction of sp³-hybridized carbons (Fsp3) is 0.537. The van der Waals surface area contributed by atoms with Gasteiger partial charge in [-0.15, -0.1) is 0 Å². The predicted molar refractivity (Wildman–Crippen MR) is 202 cm³/mol. The first kappa shape index (κ1) is 41.9. The molecule has 2 bridgehead atoms. The normalized spacial score (nSPS) is 33.9. The van der Waals surface area contributed by atoms with E-state index in [0.717, 1.165) is 6.92 Å². The van der Waals surface area contributed by atoms with Crippen LogP contribution in [0.5, 0.6) is 0 Å². The fourth-order valence-corrected chi connectivity index (χ4v) is 9.66. The first-order valence-corrected chi connectivity index (χ1v) is 18.9. The molecule has 0 amide bonds. The monoisotopic (exact) mass is 788 g/mol. The maximum Gasteiger partial charge on any atom is 0.338 e. The van der Waals surface area contributed by atoms with Crippen molar-refractivity contribution in [3.05, 3.63) is 82.9 Å². The summed E-state index contributed by atoms with van der Waals surface area (Å²) in [6.07, 6.45) is -9.26. The number of carbonyl (C=O) groups excluding carboxylic acids is 5. The molecule has 0 radical (unpaired) electrons. The maximum absolute atomic E-state index is 15.4. The molecule has 4 aliphatic rings. The van der Waals surface area contributed by atoms with Crippen LogP contribution in [-0.2, 0) is 47.6 Å². The quantitative estimate of drug-likeness (QED) is 0.117. The van der Waals surface area contributed by atoms with Crippen LogP contribution < -0.4 is 0 Å². The largest absolute Gasteiger partial charge is 0.456 e. The molecular formula is C41H49BN2O13. The van der Waals surface area contributed by atoms with Crippen molar-refractivity contribution in [1.82, 2.24) is 0 Å². The summed E-state index contributed by atoms with van der Waals surface area (Å²) in [5.74, 6) is -5.66. The van der Waals surface area contributed by atoms with Crippen molar-refractivity contribution in [2.45, 2.75) is 108 Å². The molecule has 2 N–H and O–H groups in total. The molecule has 2 saturated carbocycles. The van der Waals surface area contributed by atoms with E-state index in [4.69, 9.17) is 28.4 Å². The van der Waals surface area contributed by atoms with E-state index in [-0.39, 0.29) is 29.7 Å². The molecule has 2 aromatic rings. The van der Waals surface area contributed by atoms with Crippen LogP contribution in [0.25, 0.3) is 0 Å². The molecule has 2 aromatic carbocycles. The third-order valence-electron chi connectivity index (χ3n) is 12.6. The van der Waals surface area contributed by atoms with Gasteiger partial charge in [-0.1, -0.05) is 62.4 Å². The van der Waals surface area contributed by atoms with Gasteiger partial charge in [-0.25, -0.2) is 9.59 Å². The lowest BCUT2D eigenvalue weighted by Crippen LogP contribution is -2.82. The second-order valence-electron chi connectivity index (χ2n) is 16.0. The van der Waals surface area contributed by atoms with Gasteiger partial charge >= 0.3 is 23.9 Å². The number of Topliss-reactive ketones (excluding diaryl/α,β-unsaturated/α-hetero) is 1. The van der Waals surface area contributed by atoms with Gasteiger partial charge in [0, 0.05) is 39.2 Å². The molecule has 3 fully saturated rings. The molecule has 1 saturated heterocycles. The number of nitrogens with zero attached hydrogens (tertiary/aromatic N) is 2. The summed E-state index contributed by atoms with van der Waals surface area (Å²) in [6, 6.07) is 15.9. The Kier molecular flexibility index (Phi) is 11.4. The van der Waals surface area contributed by atoms with Gasteiger partial charge in [0.15, 0.2) is 23.6 Å². The van der Waals surface area contributed by atoms with Crippen LogP contribution in [0.15, 0.2) is 81.9 Å². The summed E-state index contributed by atoms with van der Waals surface area (Å²) in [5.41, 5.74) is -6.52.